The monoisotopic (exact) mass is 243 g/mol. The zero-order valence-electron chi connectivity index (χ0n) is 10.8. The summed E-state index contributed by atoms with van der Waals surface area (Å²) in [4.78, 5) is 25.0. The Bertz CT molecular complexity index is 280. The van der Waals surface area contributed by atoms with Gasteiger partial charge in [0.2, 0.25) is 0 Å². The Morgan fingerprint density at radius 2 is 2.18 bits per heavy atom. The highest BCUT2D eigenvalue weighted by Gasteiger charge is 2.35. The number of hydrogen-bond donors (Lipinski definition) is 0. The highest BCUT2D eigenvalue weighted by Crippen LogP contribution is 2.22. The van der Waals surface area contributed by atoms with Crippen molar-refractivity contribution in [2.45, 2.75) is 45.2 Å². The van der Waals surface area contributed by atoms with Gasteiger partial charge in [-0.1, -0.05) is 0 Å². The number of nitrogens with zero attached hydrogens (tertiary/aromatic N) is 1. The van der Waals surface area contributed by atoms with E-state index in [2.05, 4.69) is 0 Å². The van der Waals surface area contributed by atoms with Crippen LogP contribution in [0.25, 0.3) is 0 Å². The van der Waals surface area contributed by atoms with Gasteiger partial charge in [-0.05, 0) is 33.2 Å². The van der Waals surface area contributed by atoms with Crippen molar-refractivity contribution in [2.75, 3.05) is 20.3 Å². The molecule has 0 radical (unpaired) electrons. The molecule has 0 N–H and O–H groups in total. The van der Waals surface area contributed by atoms with Crippen LogP contribution in [0.15, 0.2) is 0 Å². The quantitative estimate of drug-likeness (QED) is 0.673. The molecule has 0 spiro atoms. The predicted octanol–water partition coefficient (Wildman–Crippen LogP) is 0.966. The second-order valence-electron chi connectivity index (χ2n) is 4.28. The van der Waals surface area contributed by atoms with Crippen LogP contribution in [0.4, 0.5) is 0 Å². The molecule has 5 nitrogen and oxygen atoms in total. The van der Waals surface area contributed by atoms with Gasteiger partial charge < -0.3 is 9.47 Å². The first-order valence-electron chi connectivity index (χ1n) is 6.09. The van der Waals surface area contributed by atoms with E-state index in [4.69, 9.17) is 9.47 Å². The van der Waals surface area contributed by atoms with Crippen LogP contribution >= 0.6 is 0 Å². The smallest absolute Gasteiger partial charge is 0.323 e. The van der Waals surface area contributed by atoms with E-state index in [1.54, 1.807) is 6.92 Å². The molecular formula is C12H21NO4. The van der Waals surface area contributed by atoms with Crippen molar-refractivity contribution in [3.63, 3.8) is 0 Å². The normalized spacial score (nSPS) is 22.2. The van der Waals surface area contributed by atoms with Crippen LogP contribution in [0.2, 0.25) is 0 Å². The molecule has 0 bridgehead atoms. The van der Waals surface area contributed by atoms with E-state index < -0.39 is 0 Å². The Kier molecular flexibility index (Phi) is 5.41. The lowest BCUT2D eigenvalue weighted by Gasteiger charge is -2.28. The van der Waals surface area contributed by atoms with Crippen LogP contribution < -0.4 is 0 Å². The number of rotatable bonds is 5. The van der Waals surface area contributed by atoms with Gasteiger partial charge >= 0.3 is 11.9 Å². The van der Waals surface area contributed by atoms with E-state index >= 15 is 0 Å². The molecule has 98 valence electrons. The molecule has 0 amide bonds. The summed E-state index contributed by atoms with van der Waals surface area (Å²) >= 11 is 0. The van der Waals surface area contributed by atoms with Gasteiger partial charge in [-0.2, -0.15) is 0 Å². The summed E-state index contributed by atoms with van der Waals surface area (Å²) in [5.41, 5.74) is 0. The Morgan fingerprint density at radius 1 is 1.47 bits per heavy atom. The number of likely N-dealkylation sites (tertiary alicyclic amines) is 1. The fraction of sp³-hybridized carbons (Fsp3) is 0.833. The van der Waals surface area contributed by atoms with Crippen molar-refractivity contribution in [1.29, 1.82) is 0 Å². The molecule has 0 aromatic rings. The van der Waals surface area contributed by atoms with E-state index in [1.165, 1.54) is 7.11 Å². The van der Waals surface area contributed by atoms with Crippen molar-refractivity contribution in [1.82, 2.24) is 4.90 Å². The van der Waals surface area contributed by atoms with Gasteiger partial charge in [0, 0.05) is 6.04 Å². The highest BCUT2D eigenvalue weighted by molar-refractivity contribution is 5.76. The van der Waals surface area contributed by atoms with Gasteiger partial charge in [0.1, 0.15) is 6.04 Å². The van der Waals surface area contributed by atoms with Gasteiger partial charge in [0.05, 0.1) is 20.1 Å². The van der Waals surface area contributed by atoms with Crippen molar-refractivity contribution < 1.29 is 19.1 Å². The van der Waals surface area contributed by atoms with Crippen LogP contribution in [0, 0.1) is 0 Å². The van der Waals surface area contributed by atoms with E-state index in [0.29, 0.717) is 13.0 Å². The Balaban J connectivity index is 2.52. The van der Waals surface area contributed by atoms with Crippen LogP contribution in [-0.2, 0) is 19.1 Å². The van der Waals surface area contributed by atoms with Crippen LogP contribution in [0.1, 0.15) is 33.1 Å². The first-order valence-corrected chi connectivity index (χ1v) is 6.09. The number of ether oxygens (including phenoxy) is 2. The summed E-state index contributed by atoms with van der Waals surface area (Å²) in [6.45, 7) is 4.96. The summed E-state index contributed by atoms with van der Waals surface area (Å²) in [5.74, 6) is -0.422. The largest absolute Gasteiger partial charge is 0.468 e. The van der Waals surface area contributed by atoms with Gasteiger partial charge in [-0.3, -0.25) is 14.5 Å². The first kappa shape index (κ1) is 14.0. The van der Waals surface area contributed by atoms with Crippen LogP contribution in [0.5, 0.6) is 0 Å². The lowest BCUT2D eigenvalue weighted by molar-refractivity contribution is -0.149. The molecule has 0 saturated carbocycles. The number of carbonyl (C=O) groups excluding carboxylic acids is 2. The molecule has 0 aromatic carbocycles. The number of hydrogen-bond acceptors (Lipinski definition) is 5. The third-order valence-corrected chi connectivity index (χ3v) is 3.10. The van der Waals surface area contributed by atoms with E-state index in [0.717, 1.165) is 19.4 Å². The number of esters is 2. The average molecular weight is 243 g/mol. The Labute approximate surface area is 102 Å². The maximum absolute atomic E-state index is 11.6. The summed E-state index contributed by atoms with van der Waals surface area (Å²) in [6.07, 6.45) is 2.09. The Morgan fingerprint density at radius 3 is 2.76 bits per heavy atom. The van der Waals surface area contributed by atoms with E-state index in [9.17, 15) is 9.59 Å². The standard InChI is InChI=1S/C12H21NO4/c1-4-17-11(14)8-9(2)13-7-5-6-10(13)12(15)16-3/h9-10H,4-8H2,1-3H3. The average Bonchev–Trinajstić information content (AvgIpc) is 2.77. The minimum Gasteiger partial charge on any atom is -0.468 e. The molecule has 1 saturated heterocycles. The topological polar surface area (TPSA) is 55.8 Å². The number of carbonyl (C=O) groups is 2. The molecule has 1 rings (SSSR count). The molecule has 17 heavy (non-hydrogen) atoms. The van der Waals surface area contributed by atoms with Crippen molar-refractivity contribution >= 4 is 11.9 Å². The lowest BCUT2D eigenvalue weighted by Crippen LogP contribution is -2.43. The minimum atomic E-state index is -0.212. The van der Waals surface area contributed by atoms with Crippen LogP contribution in [0.3, 0.4) is 0 Å². The van der Waals surface area contributed by atoms with E-state index in [1.807, 2.05) is 11.8 Å². The van der Waals surface area contributed by atoms with Gasteiger partial charge in [-0.25, -0.2) is 0 Å². The minimum absolute atomic E-state index is 0.0145. The summed E-state index contributed by atoms with van der Waals surface area (Å²) in [6, 6.07) is -0.190. The zero-order chi connectivity index (χ0) is 12.8. The predicted molar refractivity (Wildman–Crippen MR) is 62.5 cm³/mol. The molecule has 0 aromatic heterocycles. The first-order chi connectivity index (χ1) is 8.10. The fourth-order valence-corrected chi connectivity index (χ4v) is 2.28. The Hall–Kier alpha value is -1.10. The molecule has 0 aliphatic carbocycles. The SMILES string of the molecule is CCOC(=O)CC(C)N1CCCC1C(=O)OC. The van der Waals surface area contributed by atoms with Crippen molar-refractivity contribution in [2.24, 2.45) is 0 Å². The molecule has 1 fully saturated rings. The molecule has 1 heterocycles. The molecule has 2 atom stereocenters. The highest BCUT2D eigenvalue weighted by atomic mass is 16.5. The molecule has 5 heteroatoms. The van der Waals surface area contributed by atoms with E-state index in [-0.39, 0.29) is 24.0 Å². The van der Waals surface area contributed by atoms with Gasteiger partial charge in [0.15, 0.2) is 0 Å². The maximum atomic E-state index is 11.6. The molecular weight excluding hydrogens is 222 g/mol. The molecule has 1 aliphatic heterocycles. The van der Waals surface area contributed by atoms with Crippen LogP contribution in [-0.4, -0.2) is 49.2 Å². The summed E-state index contributed by atoms with van der Waals surface area (Å²) in [7, 11) is 1.40. The zero-order valence-corrected chi connectivity index (χ0v) is 10.8. The molecule has 1 aliphatic rings. The summed E-state index contributed by atoms with van der Waals surface area (Å²) < 4.78 is 9.68. The second-order valence-corrected chi connectivity index (χ2v) is 4.28. The maximum Gasteiger partial charge on any atom is 0.323 e. The fourth-order valence-electron chi connectivity index (χ4n) is 2.28. The lowest BCUT2D eigenvalue weighted by atomic mass is 10.1. The van der Waals surface area contributed by atoms with Gasteiger partial charge in [-0.15, -0.1) is 0 Å². The third-order valence-electron chi connectivity index (χ3n) is 3.10. The summed E-state index contributed by atoms with van der Waals surface area (Å²) in [5, 5.41) is 0. The number of methoxy groups -OCH3 is 1. The van der Waals surface area contributed by atoms with Crippen molar-refractivity contribution in [3.05, 3.63) is 0 Å². The van der Waals surface area contributed by atoms with Crippen molar-refractivity contribution in [3.8, 4) is 0 Å². The van der Waals surface area contributed by atoms with Gasteiger partial charge in [0.25, 0.3) is 0 Å². The third kappa shape index (κ3) is 3.70. The molecule has 2 unspecified atom stereocenters. The second kappa shape index (κ2) is 6.59.